The van der Waals surface area contributed by atoms with Crippen LogP contribution in [0.15, 0.2) is 73.1 Å². The number of hydrogen-bond donors (Lipinski definition) is 0. The summed E-state index contributed by atoms with van der Waals surface area (Å²) >= 11 is 0. The van der Waals surface area contributed by atoms with Crippen molar-refractivity contribution < 1.29 is 0 Å². The lowest BCUT2D eigenvalue weighted by atomic mass is 10.0. The van der Waals surface area contributed by atoms with E-state index >= 15 is 0 Å². The van der Waals surface area contributed by atoms with Gasteiger partial charge in [-0.05, 0) is 23.6 Å². The Morgan fingerprint density at radius 3 is 2.05 bits per heavy atom. The van der Waals surface area contributed by atoms with E-state index in [2.05, 4.69) is 47.4 Å². The summed E-state index contributed by atoms with van der Waals surface area (Å²) in [4.78, 5) is 8.93. The molecule has 2 heteroatoms. The fourth-order valence-corrected chi connectivity index (χ4v) is 2.63. The van der Waals surface area contributed by atoms with Gasteiger partial charge in [0.15, 0.2) is 0 Å². The van der Waals surface area contributed by atoms with E-state index in [1.807, 2.05) is 18.2 Å². The summed E-state index contributed by atoms with van der Waals surface area (Å²) in [5.74, 6) is 0. The van der Waals surface area contributed by atoms with Gasteiger partial charge in [-0.15, -0.1) is 0 Å². The van der Waals surface area contributed by atoms with Gasteiger partial charge in [-0.3, -0.25) is 4.98 Å². The second-order valence-corrected chi connectivity index (χ2v) is 4.76. The second-order valence-electron chi connectivity index (χ2n) is 4.76. The molecule has 0 amide bonds. The lowest BCUT2D eigenvalue weighted by Crippen LogP contribution is -1.89. The molecular formula is C18H12N2. The maximum Gasteiger partial charge on any atom is 0.0789 e. The average Bonchev–Trinajstić information content (AvgIpc) is 2.55. The molecule has 94 valence electrons. The smallest absolute Gasteiger partial charge is 0.0789 e. The van der Waals surface area contributed by atoms with E-state index in [1.54, 1.807) is 12.4 Å². The number of nitrogens with zero attached hydrogens (tertiary/aromatic N) is 2. The Hall–Kier alpha value is -2.74. The summed E-state index contributed by atoms with van der Waals surface area (Å²) < 4.78 is 0. The van der Waals surface area contributed by atoms with E-state index < -0.39 is 0 Å². The highest BCUT2D eigenvalue weighted by Crippen LogP contribution is 2.31. The highest BCUT2D eigenvalue weighted by molar-refractivity contribution is 6.10. The van der Waals surface area contributed by atoms with E-state index in [0.717, 1.165) is 16.8 Å². The molecule has 0 unspecified atom stereocenters. The zero-order valence-electron chi connectivity index (χ0n) is 10.8. The van der Waals surface area contributed by atoms with Crippen molar-refractivity contribution in [2.75, 3.05) is 0 Å². The van der Waals surface area contributed by atoms with Gasteiger partial charge in [-0.2, -0.15) is 0 Å². The number of fused-ring (bicyclic) bond motifs is 3. The normalized spacial score (nSPS) is 11.0. The minimum atomic E-state index is 1.02. The molecule has 2 aromatic carbocycles. The third-order valence-electron chi connectivity index (χ3n) is 3.56. The van der Waals surface area contributed by atoms with Crippen LogP contribution in [0.1, 0.15) is 0 Å². The first-order valence-corrected chi connectivity index (χ1v) is 6.61. The summed E-state index contributed by atoms with van der Waals surface area (Å²) in [5.41, 5.74) is 3.14. The number of aromatic nitrogens is 2. The molecule has 20 heavy (non-hydrogen) atoms. The number of para-hydroxylation sites is 1. The fraction of sp³-hybridized carbons (Fsp3) is 0. The molecule has 0 aliphatic carbocycles. The van der Waals surface area contributed by atoms with Crippen LogP contribution in [0.3, 0.4) is 0 Å². The molecule has 0 saturated heterocycles. The van der Waals surface area contributed by atoms with Crippen molar-refractivity contribution in [2.24, 2.45) is 0 Å². The number of hydrogen-bond acceptors (Lipinski definition) is 2. The number of rotatable bonds is 1. The van der Waals surface area contributed by atoms with Gasteiger partial charge in [0, 0.05) is 28.7 Å². The van der Waals surface area contributed by atoms with Gasteiger partial charge < -0.3 is 0 Å². The van der Waals surface area contributed by atoms with Crippen molar-refractivity contribution >= 4 is 21.7 Å². The summed E-state index contributed by atoms with van der Waals surface area (Å²) in [7, 11) is 0. The van der Waals surface area contributed by atoms with Crippen molar-refractivity contribution in [3.8, 4) is 11.3 Å². The van der Waals surface area contributed by atoms with Gasteiger partial charge in [0.1, 0.15) is 0 Å². The molecule has 0 aliphatic heterocycles. The minimum absolute atomic E-state index is 1.02. The van der Waals surface area contributed by atoms with Crippen LogP contribution < -0.4 is 0 Å². The second kappa shape index (κ2) is 4.42. The van der Waals surface area contributed by atoms with Gasteiger partial charge >= 0.3 is 0 Å². The molecule has 0 spiro atoms. The Kier molecular flexibility index (Phi) is 2.46. The largest absolute Gasteiger partial charge is 0.265 e. The molecule has 2 nitrogen and oxygen atoms in total. The Balaban J connectivity index is 2.19. The van der Waals surface area contributed by atoms with Crippen LogP contribution in [0, 0.1) is 0 Å². The fourth-order valence-electron chi connectivity index (χ4n) is 2.63. The van der Waals surface area contributed by atoms with Gasteiger partial charge in [0.25, 0.3) is 0 Å². The number of benzene rings is 2. The van der Waals surface area contributed by atoms with Crippen LogP contribution in [-0.4, -0.2) is 9.97 Å². The average molecular weight is 256 g/mol. The van der Waals surface area contributed by atoms with E-state index in [0.29, 0.717) is 0 Å². The first-order valence-electron chi connectivity index (χ1n) is 6.61. The van der Waals surface area contributed by atoms with Crippen LogP contribution >= 0.6 is 0 Å². The standard InChI is InChI=1S/C18H12N2/c1-2-7-16-14(5-1)15-6-3-4-8-17(15)20-18(16)13-9-11-19-12-10-13/h1-12H. The SMILES string of the molecule is c1ccc2c(c1)nc(-c1ccncc1)c1ccccc12. The van der Waals surface area contributed by atoms with Crippen LogP contribution in [0.25, 0.3) is 32.9 Å². The van der Waals surface area contributed by atoms with Crippen molar-refractivity contribution in [1.82, 2.24) is 9.97 Å². The first-order chi connectivity index (χ1) is 9.93. The Bertz CT molecular complexity index is 899. The molecule has 0 aliphatic rings. The molecule has 0 saturated carbocycles. The van der Waals surface area contributed by atoms with Crippen molar-refractivity contribution in [3.05, 3.63) is 73.1 Å². The van der Waals surface area contributed by atoms with Crippen molar-refractivity contribution in [1.29, 1.82) is 0 Å². The molecule has 2 heterocycles. The van der Waals surface area contributed by atoms with Crippen LogP contribution in [0.4, 0.5) is 0 Å². The lowest BCUT2D eigenvalue weighted by Gasteiger charge is -2.09. The summed E-state index contributed by atoms with van der Waals surface area (Å²) in [6.07, 6.45) is 3.61. The van der Waals surface area contributed by atoms with Crippen molar-refractivity contribution in [3.63, 3.8) is 0 Å². The topological polar surface area (TPSA) is 25.8 Å². The highest BCUT2D eigenvalue weighted by atomic mass is 14.7. The Morgan fingerprint density at radius 1 is 0.600 bits per heavy atom. The summed E-state index contributed by atoms with van der Waals surface area (Å²) in [6.45, 7) is 0. The lowest BCUT2D eigenvalue weighted by molar-refractivity contribution is 1.32. The van der Waals surface area contributed by atoms with Gasteiger partial charge in [0.2, 0.25) is 0 Å². The monoisotopic (exact) mass is 256 g/mol. The van der Waals surface area contributed by atoms with Crippen molar-refractivity contribution in [2.45, 2.75) is 0 Å². The maximum absolute atomic E-state index is 4.85. The Morgan fingerprint density at radius 2 is 1.25 bits per heavy atom. The molecule has 4 rings (SSSR count). The van der Waals surface area contributed by atoms with E-state index in [1.165, 1.54) is 16.2 Å². The number of pyridine rings is 2. The third kappa shape index (κ3) is 1.66. The van der Waals surface area contributed by atoms with Gasteiger partial charge in [-0.25, -0.2) is 4.98 Å². The molecule has 0 fully saturated rings. The molecule has 4 aromatic rings. The molecule has 2 aromatic heterocycles. The molecule has 0 bridgehead atoms. The van der Waals surface area contributed by atoms with E-state index in [9.17, 15) is 0 Å². The zero-order chi connectivity index (χ0) is 13.4. The third-order valence-corrected chi connectivity index (χ3v) is 3.56. The predicted octanol–water partition coefficient (Wildman–Crippen LogP) is 4.45. The summed E-state index contributed by atoms with van der Waals surface area (Å²) in [5, 5.41) is 3.61. The predicted molar refractivity (Wildman–Crippen MR) is 82.5 cm³/mol. The van der Waals surface area contributed by atoms with Gasteiger partial charge in [0.05, 0.1) is 11.2 Å². The van der Waals surface area contributed by atoms with E-state index in [4.69, 9.17) is 4.98 Å². The highest BCUT2D eigenvalue weighted by Gasteiger charge is 2.08. The van der Waals surface area contributed by atoms with Gasteiger partial charge in [-0.1, -0.05) is 42.5 Å². The van der Waals surface area contributed by atoms with Crippen LogP contribution in [0.2, 0.25) is 0 Å². The zero-order valence-corrected chi connectivity index (χ0v) is 10.8. The maximum atomic E-state index is 4.85. The van der Waals surface area contributed by atoms with Crippen LogP contribution in [0.5, 0.6) is 0 Å². The van der Waals surface area contributed by atoms with Crippen LogP contribution in [-0.2, 0) is 0 Å². The quantitative estimate of drug-likeness (QED) is 0.470. The molecule has 0 atom stereocenters. The Labute approximate surface area is 116 Å². The first kappa shape index (κ1) is 11.1. The minimum Gasteiger partial charge on any atom is -0.265 e. The summed E-state index contributed by atoms with van der Waals surface area (Å²) in [6, 6.07) is 20.7. The van der Waals surface area contributed by atoms with E-state index in [-0.39, 0.29) is 0 Å². The molecule has 0 radical (unpaired) electrons. The molecular weight excluding hydrogens is 244 g/mol. The molecule has 0 N–H and O–H groups in total.